The van der Waals surface area contributed by atoms with Crippen molar-refractivity contribution in [1.29, 1.82) is 0 Å². The zero-order valence-corrected chi connectivity index (χ0v) is 10.0. The van der Waals surface area contributed by atoms with E-state index in [4.69, 9.17) is 16.3 Å². The summed E-state index contributed by atoms with van der Waals surface area (Å²) in [5, 5.41) is 0. The first-order chi connectivity index (χ1) is 7.15. The van der Waals surface area contributed by atoms with Crippen LogP contribution in [0.3, 0.4) is 0 Å². The second-order valence-electron chi connectivity index (χ2n) is 2.73. The summed E-state index contributed by atoms with van der Waals surface area (Å²) in [6.07, 6.45) is 0. The quantitative estimate of drug-likeness (QED) is 0.632. The first-order valence-electron chi connectivity index (χ1n) is 4.14. The molecular weight excluding hydrogens is 283 g/mol. The number of ketones is 1. The normalized spacial score (nSPS) is 9.73. The topological polar surface area (TPSA) is 43.4 Å². The maximum Gasteiger partial charge on any atom is 0.339 e. The Morgan fingerprint density at radius 1 is 1.33 bits per heavy atom. The highest BCUT2D eigenvalue weighted by Gasteiger charge is 2.11. The average Bonchev–Trinajstić information content (AvgIpc) is 2.26. The van der Waals surface area contributed by atoms with Crippen molar-refractivity contribution in [2.24, 2.45) is 0 Å². The summed E-state index contributed by atoms with van der Waals surface area (Å²) < 4.78 is 5.39. The van der Waals surface area contributed by atoms with Crippen LogP contribution in [0.2, 0.25) is 0 Å². The van der Waals surface area contributed by atoms with Crippen LogP contribution in [-0.4, -0.2) is 24.2 Å². The number of rotatable bonds is 4. The number of alkyl halides is 1. The van der Waals surface area contributed by atoms with Gasteiger partial charge in [-0.2, -0.15) is 0 Å². The maximum atomic E-state index is 11.4. The van der Waals surface area contributed by atoms with Gasteiger partial charge < -0.3 is 4.74 Å². The Kier molecular flexibility index (Phi) is 4.78. The third kappa shape index (κ3) is 3.64. The van der Waals surface area contributed by atoms with Crippen molar-refractivity contribution in [3.05, 3.63) is 34.3 Å². The van der Waals surface area contributed by atoms with E-state index in [1.807, 2.05) is 0 Å². The SMILES string of the molecule is O=C(CCl)COC(=O)c1ccccc1Br. The summed E-state index contributed by atoms with van der Waals surface area (Å²) >= 11 is 8.47. The number of carbonyl (C=O) groups excluding carboxylic acids is 2. The fourth-order valence-corrected chi connectivity index (χ4v) is 1.41. The molecular formula is C10H8BrClO3. The van der Waals surface area contributed by atoms with Crippen molar-refractivity contribution >= 4 is 39.3 Å². The second-order valence-corrected chi connectivity index (χ2v) is 3.85. The van der Waals surface area contributed by atoms with Crippen molar-refractivity contribution in [3.63, 3.8) is 0 Å². The maximum absolute atomic E-state index is 11.4. The van der Waals surface area contributed by atoms with Crippen LogP contribution in [0.15, 0.2) is 28.7 Å². The molecule has 0 saturated heterocycles. The van der Waals surface area contributed by atoms with Gasteiger partial charge in [0.15, 0.2) is 12.4 Å². The van der Waals surface area contributed by atoms with E-state index >= 15 is 0 Å². The molecule has 0 spiro atoms. The Balaban J connectivity index is 2.62. The van der Waals surface area contributed by atoms with Crippen LogP contribution in [0.5, 0.6) is 0 Å². The van der Waals surface area contributed by atoms with Gasteiger partial charge in [0.25, 0.3) is 0 Å². The van der Waals surface area contributed by atoms with Gasteiger partial charge >= 0.3 is 5.97 Å². The molecule has 0 radical (unpaired) electrons. The summed E-state index contributed by atoms with van der Waals surface area (Å²) in [7, 11) is 0. The Hall–Kier alpha value is -0.870. The van der Waals surface area contributed by atoms with Crippen LogP contribution >= 0.6 is 27.5 Å². The molecule has 0 atom stereocenters. The number of hydrogen-bond donors (Lipinski definition) is 0. The van der Waals surface area contributed by atoms with Crippen LogP contribution in [0.1, 0.15) is 10.4 Å². The Morgan fingerprint density at radius 3 is 2.60 bits per heavy atom. The Bertz CT molecular complexity index is 379. The molecule has 1 aromatic carbocycles. The van der Waals surface area contributed by atoms with Crippen LogP contribution in [0.25, 0.3) is 0 Å². The van der Waals surface area contributed by atoms with E-state index in [-0.39, 0.29) is 18.3 Å². The molecule has 15 heavy (non-hydrogen) atoms. The number of Topliss-reactive ketones (excluding diaryl/α,β-unsaturated/α-hetero) is 1. The molecule has 0 aliphatic rings. The van der Waals surface area contributed by atoms with E-state index in [1.54, 1.807) is 24.3 Å². The van der Waals surface area contributed by atoms with Gasteiger partial charge in [-0.05, 0) is 28.1 Å². The monoisotopic (exact) mass is 290 g/mol. The Morgan fingerprint density at radius 2 is 2.00 bits per heavy atom. The number of hydrogen-bond acceptors (Lipinski definition) is 3. The summed E-state index contributed by atoms with van der Waals surface area (Å²) in [5.74, 6) is -1.01. The predicted molar refractivity (Wildman–Crippen MR) is 60.2 cm³/mol. The lowest BCUT2D eigenvalue weighted by molar-refractivity contribution is -0.119. The van der Waals surface area contributed by atoms with Crippen molar-refractivity contribution < 1.29 is 14.3 Å². The van der Waals surface area contributed by atoms with Crippen molar-refractivity contribution in [2.45, 2.75) is 0 Å². The molecule has 0 unspecified atom stereocenters. The first-order valence-corrected chi connectivity index (χ1v) is 5.47. The average molecular weight is 292 g/mol. The van der Waals surface area contributed by atoms with E-state index in [1.165, 1.54) is 0 Å². The van der Waals surface area contributed by atoms with Gasteiger partial charge in [0.1, 0.15) is 0 Å². The third-order valence-electron chi connectivity index (χ3n) is 1.61. The standard InChI is InChI=1S/C10H8BrClO3/c11-9-4-2-1-3-8(9)10(14)15-6-7(13)5-12/h1-4H,5-6H2. The minimum Gasteiger partial charge on any atom is -0.454 e. The highest BCUT2D eigenvalue weighted by Crippen LogP contribution is 2.16. The number of halogens is 2. The summed E-state index contributed by atoms with van der Waals surface area (Å²) in [5.41, 5.74) is 0.389. The molecule has 0 fully saturated rings. The fourth-order valence-electron chi connectivity index (χ4n) is 0.889. The third-order valence-corrected chi connectivity index (χ3v) is 2.60. The largest absolute Gasteiger partial charge is 0.454 e. The van der Waals surface area contributed by atoms with Crippen LogP contribution in [0.4, 0.5) is 0 Å². The molecule has 1 aromatic rings. The smallest absolute Gasteiger partial charge is 0.339 e. The zero-order chi connectivity index (χ0) is 11.3. The van der Waals surface area contributed by atoms with Gasteiger partial charge in [0, 0.05) is 4.47 Å². The van der Waals surface area contributed by atoms with Crippen molar-refractivity contribution in [3.8, 4) is 0 Å². The molecule has 0 amide bonds. The van der Waals surface area contributed by atoms with E-state index in [9.17, 15) is 9.59 Å². The highest BCUT2D eigenvalue weighted by atomic mass is 79.9. The van der Waals surface area contributed by atoms with E-state index in [2.05, 4.69) is 15.9 Å². The van der Waals surface area contributed by atoms with Crippen LogP contribution in [0, 0.1) is 0 Å². The second kappa shape index (κ2) is 5.88. The molecule has 3 nitrogen and oxygen atoms in total. The van der Waals surface area contributed by atoms with Crippen LogP contribution in [-0.2, 0) is 9.53 Å². The van der Waals surface area contributed by atoms with Crippen LogP contribution < -0.4 is 0 Å². The van der Waals surface area contributed by atoms with Gasteiger partial charge in [-0.3, -0.25) is 4.79 Å². The molecule has 0 saturated carbocycles. The van der Waals surface area contributed by atoms with Gasteiger partial charge in [0.2, 0.25) is 0 Å². The number of benzene rings is 1. The van der Waals surface area contributed by atoms with E-state index in [0.29, 0.717) is 10.0 Å². The van der Waals surface area contributed by atoms with E-state index < -0.39 is 5.97 Å². The molecule has 0 aliphatic carbocycles. The summed E-state index contributed by atoms with van der Waals surface area (Å²) in [6, 6.07) is 6.83. The summed E-state index contributed by atoms with van der Waals surface area (Å²) in [4.78, 5) is 22.2. The number of carbonyl (C=O) groups is 2. The van der Waals surface area contributed by atoms with E-state index in [0.717, 1.165) is 0 Å². The minimum atomic E-state index is -0.541. The van der Waals surface area contributed by atoms with Gasteiger partial charge in [-0.1, -0.05) is 12.1 Å². The lowest BCUT2D eigenvalue weighted by atomic mass is 10.2. The zero-order valence-electron chi connectivity index (χ0n) is 7.70. The molecule has 5 heteroatoms. The molecule has 0 aliphatic heterocycles. The molecule has 0 aromatic heterocycles. The number of ether oxygens (including phenoxy) is 1. The first kappa shape index (κ1) is 12.2. The highest BCUT2D eigenvalue weighted by molar-refractivity contribution is 9.10. The minimum absolute atomic E-state index is 0.150. The van der Waals surface area contributed by atoms with Gasteiger partial charge in [0.05, 0.1) is 11.4 Å². The molecule has 1 rings (SSSR count). The van der Waals surface area contributed by atoms with Gasteiger partial charge in [-0.15, -0.1) is 11.6 Å². The van der Waals surface area contributed by atoms with Crippen molar-refractivity contribution in [2.75, 3.05) is 12.5 Å². The number of esters is 1. The lowest BCUT2D eigenvalue weighted by Crippen LogP contribution is -2.15. The molecule has 0 heterocycles. The van der Waals surface area contributed by atoms with Gasteiger partial charge in [-0.25, -0.2) is 4.79 Å². The molecule has 0 N–H and O–H groups in total. The molecule has 80 valence electrons. The molecule has 0 bridgehead atoms. The predicted octanol–water partition coefficient (Wildman–Crippen LogP) is 2.41. The Labute approximate surface area is 100 Å². The summed E-state index contributed by atoms with van der Waals surface area (Å²) in [6.45, 7) is -0.288. The van der Waals surface area contributed by atoms with Crippen molar-refractivity contribution in [1.82, 2.24) is 0 Å². The lowest BCUT2D eigenvalue weighted by Gasteiger charge is -2.04. The fraction of sp³-hybridized carbons (Fsp3) is 0.200.